The highest BCUT2D eigenvalue weighted by Crippen LogP contribution is 2.44. The Morgan fingerprint density at radius 1 is 1.03 bits per heavy atom. The van der Waals surface area contributed by atoms with Crippen molar-refractivity contribution >= 4 is 29.0 Å². The summed E-state index contributed by atoms with van der Waals surface area (Å²) in [5.74, 6) is -0.794. The number of carbonyl (C=O) groups excluding carboxylic acids is 2. The third-order valence-corrected chi connectivity index (χ3v) is 5.81. The van der Waals surface area contributed by atoms with Gasteiger partial charge in [-0.15, -0.1) is 0 Å². The van der Waals surface area contributed by atoms with Crippen molar-refractivity contribution < 1.29 is 14.7 Å². The van der Waals surface area contributed by atoms with Gasteiger partial charge in [0.1, 0.15) is 0 Å². The lowest BCUT2D eigenvalue weighted by Gasteiger charge is -2.23. The number of anilines is 1. The number of Topliss-reactive ketones (excluding diaryl/α,β-unsaturated/α-hetero) is 1. The van der Waals surface area contributed by atoms with Gasteiger partial charge in [0, 0.05) is 16.1 Å². The normalized spacial score (nSPS) is 17.9. The van der Waals surface area contributed by atoms with Gasteiger partial charge in [0.15, 0.2) is 11.4 Å². The summed E-state index contributed by atoms with van der Waals surface area (Å²) in [5, 5.41) is 11.9. The lowest BCUT2D eigenvalue weighted by Crippen LogP contribution is -2.41. The summed E-state index contributed by atoms with van der Waals surface area (Å²) in [5.41, 5.74) is 2.29. The fourth-order valence-electron chi connectivity index (χ4n) is 4.07. The fraction of sp³-hybridized carbons (Fsp3) is 0.200. The van der Waals surface area contributed by atoms with Crippen LogP contribution in [0.1, 0.15) is 39.0 Å². The quantitative estimate of drug-likeness (QED) is 0.594. The number of rotatable bonds is 5. The molecule has 30 heavy (non-hydrogen) atoms. The van der Waals surface area contributed by atoms with E-state index in [1.165, 1.54) is 4.90 Å². The SMILES string of the molecule is Cc1ccc(C(=O)CC2(O)C(=O)N(Cc3ccccc3)c3ccc(Cl)cc32)c(C)c1. The zero-order valence-electron chi connectivity index (χ0n) is 16.9. The molecule has 0 radical (unpaired) electrons. The molecule has 4 nitrogen and oxygen atoms in total. The largest absolute Gasteiger partial charge is 0.375 e. The van der Waals surface area contributed by atoms with Crippen molar-refractivity contribution in [1.29, 1.82) is 0 Å². The molecule has 0 saturated heterocycles. The molecule has 1 N–H and O–H groups in total. The van der Waals surface area contributed by atoms with Crippen molar-refractivity contribution in [3.05, 3.63) is 99.6 Å². The Kier molecular flexibility index (Phi) is 5.22. The van der Waals surface area contributed by atoms with E-state index in [9.17, 15) is 14.7 Å². The number of ketones is 1. The topological polar surface area (TPSA) is 57.6 Å². The van der Waals surface area contributed by atoms with E-state index >= 15 is 0 Å². The minimum absolute atomic E-state index is 0.282. The van der Waals surface area contributed by atoms with E-state index in [4.69, 9.17) is 11.6 Å². The van der Waals surface area contributed by atoms with E-state index < -0.39 is 11.5 Å². The van der Waals surface area contributed by atoms with Gasteiger partial charge in [0.2, 0.25) is 0 Å². The van der Waals surface area contributed by atoms with Gasteiger partial charge in [0.05, 0.1) is 18.7 Å². The average Bonchev–Trinajstić information content (AvgIpc) is 2.90. The molecule has 1 amide bonds. The standard InChI is InChI=1S/C25H22ClNO3/c1-16-8-10-20(17(2)12-16)23(28)14-25(30)21-13-19(26)9-11-22(21)27(24(25)29)15-18-6-4-3-5-7-18/h3-13,30H,14-15H2,1-2H3. The maximum absolute atomic E-state index is 13.4. The molecule has 3 aromatic rings. The molecule has 0 saturated carbocycles. The highest BCUT2D eigenvalue weighted by molar-refractivity contribution is 6.31. The van der Waals surface area contributed by atoms with Crippen LogP contribution in [0.25, 0.3) is 0 Å². The Labute approximate surface area is 180 Å². The van der Waals surface area contributed by atoms with Gasteiger partial charge in [-0.1, -0.05) is 65.7 Å². The lowest BCUT2D eigenvalue weighted by atomic mass is 9.87. The van der Waals surface area contributed by atoms with Crippen LogP contribution in [-0.4, -0.2) is 16.8 Å². The molecule has 3 aromatic carbocycles. The second-order valence-electron chi connectivity index (χ2n) is 7.82. The Balaban J connectivity index is 1.72. The van der Waals surface area contributed by atoms with Gasteiger partial charge in [-0.2, -0.15) is 0 Å². The van der Waals surface area contributed by atoms with Crippen molar-refractivity contribution in [3.63, 3.8) is 0 Å². The van der Waals surface area contributed by atoms with Crippen LogP contribution in [0.5, 0.6) is 0 Å². The maximum atomic E-state index is 13.4. The number of fused-ring (bicyclic) bond motifs is 1. The smallest absolute Gasteiger partial charge is 0.264 e. The number of nitrogens with zero attached hydrogens (tertiary/aromatic N) is 1. The summed E-state index contributed by atoms with van der Waals surface area (Å²) in [7, 11) is 0. The van der Waals surface area contributed by atoms with Gasteiger partial charge in [-0.25, -0.2) is 0 Å². The monoisotopic (exact) mass is 419 g/mol. The van der Waals surface area contributed by atoms with Gasteiger partial charge in [-0.3, -0.25) is 9.59 Å². The molecule has 1 heterocycles. The first kappa shape index (κ1) is 20.3. The van der Waals surface area contributed by atoms with Crippen LogP contribution in [0.4, 0.5) is 5.69 Å². The summed E-state index contributed by atoms with van der Waals surface area (Å²) in [6.07, 6.45) is -0.339. The number of hydrogen-bond acceptors (Lipinski definition) is 3. The van der Waals surface area contributed by atoms with Crippen molar-refractivity contribution in [2.75, 3.05) is 4.90 Å². The summed E-state index contributed by atoms with van der Waals surface area (Å²) >= 11 is 6.18. The van der Waals surface area contributed by atoms with E-state index in [2.05, 4.69) is 0 Å². The molecule has 1 aliphatic heterocycles. The number of amides is 1. The zero-order valence-corrected chi connectivity index (χ0v) is 17.6. The second-order valence-corrected chi connectivity index (χ2v) is 8.25. The predicted molar refractivity (Wildman–Crippen MR) is 118 cm³/mol. The van der Waals surface area contributed by atoms with Crippen LogP contribution in [0.15, 0.2) is 66.7 Å². The third kappa shape index (κ3) is 3.53. The first-order chi connectivity index (χ1) is 14.3. The highest BCUT2D eigenvalue weighted by Gasteiger charge is 2.51. The number of carbonyl (C=O) groups is 2. The molecule has 0 aromatic heterocycles. The van der Waals surface area contributed by atoms with E-state index in [1.807, 2.05) is 56.3 Å². The number of halogens is 1. The van der Waals surface area contributed by atoms with Crippen LogP contribution < -0.4 is 4.90 Å². The number of aryl methyl sites for hydroxylation is 2. The third-order valence-electron chi connectivity index (χ3n) is 5.58. The minimum Gasteiger partial charge on any atom is -0.375 e. The Hall–Kier alpha value is -2.95. The van der Waals surface area contributed by atoms with Crippen LogP contribution >= 0.6 is 11.6 Å². The summed E-state index contributed by atoms with van der Waals surface area (Å²) in [6, 6.07) is 20.0. The zero-order chi connectivity index (χ0) is 21.5. The molecular formula is C25H22ClNO3. The summed E-state index contributed by atoms with van der Waals surface area (Å²) in [6.45, 7) is 4.11. The Morgan fingerprint density at radius 3 is 2.47 bits per heavy atom. The lowest BCUT2D eigenvalue weighted by molar-refractivity contribution is -0.136. The highest BCUT2D eigenvalue weighted by atomic mass is 35.5. The Bertz CT molecular complexity index is 1140. The van der Waals surface area contributed by atoms with Crippen LogP contribution in [0, 0.1) is 13.8 Å². The minimum atomic E-state index is -1.95. The van der Waals surface area contributed by atoms with E-state index in [0.29, 0.717) is 28.4 Å². The first-order valence-corrected chi connectivity index (χ1v) is 10.2. The molecule has 4 rings (SSSR count). The van der Waals surface area contributed by atoms with Crippen molar-refractivity contribution in [2.45, 2.75) is 32.4 Å². The molecule has 0 spiro atoms. The fourth-order valence-corrected chi connectivity index (χ4v) is 4.24. The average molecular weight is 420 g/mol. The maximum Gasteiger partial charge on any atom is 0.264 e. The molecule has 1 unspecified atom stereocenters. The predicted octanol–water partition coefficient (Wildman–Crippen LogP) is 4.96. The molecular weight excluding hydrogens is 398 g/mol. The van der Waals surface area contributed by atoms with Crippen molar-refractivity contribution in [2.24, 2.45) is 0 Å². The van der Waals surface area contributed by atoms with Crippen molar-refractivity contribution in [3.8, 4) is 0 Å². The van der Waals surface area contributed by atoms with Crippen molar-refractivity contribution in [1.82, 2.24) is 0 Å². The van der Waals surface area contributed by atoms with Crippen LogP contribution in [0.2, 0.25) is 5.02 Å². The first-order valence-electron chi connectivity index (χ1n) is 9.78. The molecule has 5 heteroatoms. The second kappa shape index (κ2) is 7.71. The van der Waals surface area contributed by atoms with E-state index in [0.717, 1.165) is 16.7 Å². The van der Waals surface area contributed by atoms with E-state index in [1.54, 1.807) is 24.3 Å². The summed E-state index contributed by atoms with van der Waals surface area (Å²) in [4.78, 5) is 28.0. The molecule has 152 valence electrons. The van der Waals surface area contributed by atoms with Gasteiger partial charge >= 0.3 is 0 Å². The van der Waals surface area contributed by atoms with Gasteiger partial charge in [-0.05, 0) is 43.2 Å². The van der Waals surface area contributed by atoms with Crippen LogP contribution in [-0.2, 0) is 16.9 Å². The Morgan fingerprint density at radius 2 is 1.77 bits per heavy atom. The number of benzene rings is 3. The van der Waals surface area contributed by atoms with Gasteiger partial charge < -0.3 is 10.0 Å². The summed E-state index contributed by atoms with van der Waals surface area (Å²) < 4.78 is 0. The van der Waals surface area contributed by atoms with Crippen LogP contribution in [0.3, 0.4) is 0 Å². The van der Waals surface area contributed by atoms with E-state index in [-0.39, 0.29) is 12.2 Å². The molecule has 1 aliphatic rings. The molecule has 0 bridgehead atoms. The number of hydrogen-bond donors (Lipinski definition) is 1. The molecule has 0 aliphatic carbocycles. The molecule has 1 atom stereocenters. The van der Waals surface area contributed by atoms with Gasteiger partial charge in [0.25, 0.3) is 5.91 Å². The molecule has 0 fully saturated rings. The number of aliphatic hydroxyl groups is 1.